The van der Waals surface area contributed by atoms with E-state index in [2.05, 4.69) is 38.0 Å². The number of fused-ring (bicyclic) bond motifs is 5. The van der Waals surface area contributed by atoms with Crippen molar-refractivity contribution in [3.63, 3.8) is 0 Å². The highest BCUT2D eigenvalue weighted by atomic mass is 16.5. The molecule has 4 aliphatic rings. The number of carbonyl (C=O) groups is 2. The molecule has 4 fully saturated rings. The minimum atomic E-state index is -0.300. The number of piperidine rings is 1. The number of amides is 2. The first kappa shape index (κ1) is 25.8. The number of likely N-dealkylation sites (tertiary alicyclic amines) is 1. The molecule has 5 heteroatoms. The number of nitrogens with zero attached hydrogens (tertiary/aromatic N) is 1. The molecule has 8 atom stereocenters. The molecule has 0 aromatic heterocycles. The zero-order valence-corrected chi connectivity index (χ0v) is 22.9. The van der Waals surface area contributed by atoms with Gasteiger partial charge in [-0.15, -0.1) is 0 Å². The second-order valence-electron chi connectivity index (χ2n) is 13.8. The Balaban J connectivity index is 1.35. The van der Waals surface area contributed by atoms with Crippen LogP contribution in [0.1, 0.15) is 106 Å². The van der Waals surface area contributed by atoms with Crippen molar-refractivity contribution in [1.82, 2.24) is 10.2 Å². The molecule has 0 bridgehead atoms. The first-order valence-corrected chi connectivity index (χ1v) is 14.1. The lowest BCUT2D eigenvalue weighted by molar-refractivity contribution is -0.158. The smallest absolute Gasteiger partial charge is 0.407 e. The molecule has 1 saturated heterocycles. The summed E-state index contributed by atoms with van der Waals surface area (Å²) in [5.74, 6) is 4.27. The molecule has 0 aromatic rings. The topological polar surface area (TPSA) is 58.6 Å². The van der Waals surface area contributed by atoms with Crippen LogP contribution in [-0.2, 0) is 9.53 Å². The van der Waals surface area contributed by atoms with Crippen molar-refractivity contribution in [2.24, 2.45) is 40.4 Å². The molecule has 194 valence electrons. The summed E-state index contributed by atoms with van der Waals surface area (Å²) in [7, 11) is 2.06. The SMILES string of the molecule is C[C@H](CCCOC(=O)NC(C)(C)C)[C@H]1CC[C@H]2[C@@H]3CC[C@H]4N(C)C(=O)CC[C@]4(C)[C@H]3CC[C@]12C. The van der Waals surface area contributed by atoms with Crippen LogP contribution in [0.2, 0.25) is 0 Å². The highest BCUT2D eigenvalue weighted by molar-refractivity contribution is 5.77. The van der Waals surface area contributed by atoms with Gasteiger partial charge in [-0.2, -0.15) is 0 Å². The normalized spacial score (nSPS) is 40.7. The summed E-state index contributed by atoms with van der Waals surface area (Å²) < 4.78 is 5.43. The molecule has 1 heterocycles. The lowest BCUT2D eigenvalue weighted by atomic mass is 9.46. The van der Waals surface area contributed by atoms with Crippen molar-refractivity contribution in [2.75, 3.05) is 13.7 Å². The molecule has 0 aromatic carbocycles. The lowest BCUT2D eigenvalue weighted by Gasteiger charge is -2.62. The van der Waals surface area contributed by atoms with E-state index in [-0.39, 0.29) is 11.6 Å². The van der Waals surface area contributed by atoms with Gasteiger partial charge in [-0.1, -0.05) is 20.8 Å². The Kier molecular flexibility index (Phi) is 7.08. The fourth-order valence-corrected chi connectivity index (χ4v) is 9.24. The first-order valence-electron chi connectivity index (χ1n) is 14.1. The van der Waals surface area contributed by atoms with E-state index in [9.17, 15) is 9.59 Å². The number of carbonyl (C=O) groups excluding carboxylic acids is 2. The minimum absolute atomic E-state index is 0.255. The van der Waals surface area contributed by atoms with Gasteiger partial charge in [0, 0.05) is 25.0 Å². The summed E-state index contributed by atoms with van der Waals surface area (Å²) in [4.78, 5) is 26.5. The fraction of sp³-hybridized carbons (Fsp3) is 0.931. The second kappa shape index (κ2) is 9.32. The first-order chi connectivity index (χ1) is 15.9. The fourth-order valence-electron chi connectivity index (χ4n) is 9.24. The molecule has 3 saturated carbocycles. The van der Waals surface area contributed by atoms with Gasteiger partial charge in [0.1, 0.15) is 0 Å². The number of nitrogens with one attached hydrogen (secondary N) is 1. The molecule has 1 N–H and O–H groups in total. The zero-order chi connectivity index (χ0) is 24.9. The van der Waals surface area contributed by atoms with Crippen molar-refractivity contribution in [1.29, 1.82) is 0 Å². The van der Waals surface area contributed by atoms with Crippen LogP contribution >= 0.6 is 0 Å². The number of hydrogen-bond acceptors (Lipinski definition) is 3. The van der Waals surface area contributed by atoms with Crippen LogP contribution in [0.4, 0.5) is 4.79 Å². The summed E-state index contributed by atoms with van der Waals surface area (Å²) in [6, 6.07) is 0.450. The Bertz CT molecular complexity index is 776. The Morgan fingerprint density at radius 2 is 1.79 bits per heavy atom. The van der Waals surface area contributed by atoms with Crippen molar-refractivity contribution < 1.29 is 14.3 Å². The average molecular weight is 475 g/mol. The van der Waals surface area contributed by atoms with Crippen LogP contribution in [0.3, 0.4) is 0 Å². The van der Waals surface area contributed by atoms with Gasteiger partial charge in [0.15, 0.2) is 0 Å². The number of ether oxygens (including phenoxy) is 1. The summed E-state index contributed by atoms with van der Waals surface area (Å²) >= 11 is 0. The number of rotatable bonds is 5. The molecule has 34 heavy (non-hydrogen) atoms. The molecular weight excluding hydrogens is 424 g/mol. The largest absolute Gasteiger partial charge is 0.450 e. The number of alkyl carbamates (subject to hydrolysis) is 1. The zero-order valence-electron chi connectivity index (χ0n) is 22.9. The van der Waals surface area contributed by atoms with Crippen LogP contribution in [0.5, 0.6) is 0 Å². The summed E-state index contributed by atoms with van der Waals surface area (Å²) in [5.41, 5.74) is 0.502. The van der Waals surface area contributed by atoms with E-state index in [0.29, 0.717) is 35.3 Å². The van der Waals surface area contributed by atoms with Gasteiger partial charge in [-0.3, -0.25) is 4.79 Å². The van der Waals surface area contributed by atoms with Crippen LogP contribution in [0.25, 0.3) is 0 Å². The molecule has 5 nitrogen and oxygen atoms in total. The van der Waals surface area contributed by atoms with Crippen molar-refractivity contribution >= 4 is 12.0 Å². The molecule has 2 amide bonds. The Labute approximate surface area is 208 Å². The van der Waals surface area contributed by atoms with E-state index in [1.54, 1.807) is 0 Å². The van der Waals surface area contributed by atoms with Crippen molar-refractivity contribution in [2.45, 2.75) is 117 Å². The molecule has 3 aliphatic carbocycles. The Morgan fingerprint density at radius 1 is 1.09 bits per heavy atom. The van der Waals surface area contributed by atoms with Gasteiger partial charge < -0.3 is 15.0 Å². The van der Waals surface area contributed by atoms with Crippen LogP contribution < -0.4 is 5.32 Å². The Morgan fingerprint density at radius 3 is 2.50 bits per heavy atom. The maximum atomic E-state index is 12.4. The van der Waals surface area contributed by atoms with E-state index >= 15 is 0 Å². The van der Waals surface area contributed by atoms with E-state index in [0.717, 1.165) is 49.4 Å². The van der Waals surface area contributed by atoms with Gasteiger partial charge in [0.05, 0.1) is 6.61 Å². The highest BCUT2D eigenvalue weighted by Gasteiger charge is 2.61. The third-order valence-corrected chi connectivity index (χ3v) is 10.8. The monoisotopic (exact) mass is 474 g/mol. The minimum Gasteiger partial charge on any atom is -0.450 e. The van der Waals surface area contributed by atoms with Gasteiger partial charge in [-0.25, -0.2) is 4.79 Å². The van der Waals surface area contributed by atoms with Crippen LogP contribution in [0.15, 0.2) is 0 Å². The van der Waals surface area contributed by atoms with Gasteiger partial charge in [0.25, 0.3) is 0 Å². The Hall–Kier alpha value is -1.26. The van der Waals surface area contributed by atoms with E-state index < -0.39 is 0 Å². The quantitative estimate of drug-likeness (QED) is 0.469. The standard InChI is InChI=1S/C29H50N2O3/c1-19(9-8-18-34-26(33)30-27(2,3)4)21-11-12-22-20-10-13-24-29(6,17-15-25(32)31(24)7)23(20)14-16-28(21,22)5/h19-24H,8-18H2,1-7H3,(H,30,33)/t19-,20+,21-,22+,23+,24-,28-,29-/m1/s1. The van der Waals surface area contributed by atoms with Crippen LogP contribution in [0, 0.1) is 40.4 Å². The van der Waals surface area contributed by atoms with Crippen molar-refractivity contribution in [3.05, 3.63) is 0 Å². The molecule has 1 aliphatic heterocycles. The molecule has 0 unspecified atom stereocenters. The van der Waals surface area contributed by atoms with Gasteiger partial charge in [0.2, 0.25) is 5.91 Å². The molecule has 0 spiro atoms. The van der Waals surface area contributed by atoms with Crippen molar-refractivity contribution in [3.8, 4) is 0 Å². The van der Waals surface area contributed by atoms with Gasteiger partial charge >= 0.3 is 6.09 Å². The van der Waals surface area contributed by atoms with E-state index in [1.807, 2.05) is 20.8 Å². The number of hydrogen-bond donors (Lipinski definition) is 1. The lowest BCUT2D eigenvalue weighted by Crippen LogP contribution is -2.61. The van der Waals surface area contributed by atoms with Gasteiger partial charge in [-0.05, 0) is 119 Å². The average Bonchev–Trinajstić information content (AvgIpc) is 3.10. The highest BCUT2D eigenvalue weighted by Crippen LogP contribution is 2.67. The third-order valence-electron chi connectivity index (χ3n) is 10.8. The molecular formula is C29H50N2O3. The van der Waals surface area contributed by atoms with Crippen LogP contribution in [-0.4, -0.2) is 42.1 Å². The molecule has 4 rings (SSSR count). The van der Waals surface area contributed by atoms with E-state index in [4.69, 9.17) is 4.74 Å². The predicted molar refractivity (Wildman–Crippen MR) is 136 cm³/mol. The summed E-state index contributed by atoms with van der Waals surface area (Å²) in [6.45, 7) is 14.0. The molecule has 0 radical (unpaired) electrons. The second-order valence-corrected chi connectivity index (χ2v) is 13.8. The third kappa shape index (κ3) is 4.62. The summed E-state index contributed by atoms with van der Waals surface area (Å²) in [5, 5.41) is 2.88. The maximum absolute atomic E-state index is 12.4. The predicted octanol–water partition coefficient (Wildman–Crippen LogP) is 6.41. The van der Waals surface area contributed by atoms with E-state index in [1.165, 1.54) is 38.5 Å². The maximum Gasteiger partial charge on any atom is 0.407 e. The summed E-state index contributed by atoms with van der Waals surface area (Å²) in [6.07, 6.45) is 11.5.